The van der Waals surface area contributed by atoms with E-state index in [1.165, 1.54) is 16.0 Å². The summed E-state index contributed by atoms with van der Waals surface area (Å²) in [6.45, 7) is 4.21. The zero-order valence-electron chi connectivity index (χ0n) is 6.92. The van der Waals surface area contributed by atoms with Gasteiger partial charge in [0, 0.05) is 10.8 Å². The lowest BCUT2D eigenvalue weighted by atomic mass is 10.2. The highest BCUT2D eigenvalue weighted by Gasteiger charge is 1.96. The third-order valence-corrected chi connectivity index (χ3v) is 2.50. The summed E-state index contributed by atoms with van der Waals surface area (Å²) in [5, 5.41) is 0. The molecule has 2 heteroatoms. The SMILES string of the molecule is Cc1ccc(C)c(SCN)c1. The quantitative estimate of drug-likeness (QED) is 0.540. The van der Waals surface area contributed by atoms with E-state index in [1.807, 2.05) is 0 Å². The van der Waals surface area contributed by atoms with Crippen LogP contribution in [0.2, 0.25) is 0 Å². The van der Waals surface area contributed by atoms with Crippen LogP contribution in [0.5, 0.6) is 0 Å². The van der Waals surface area contributed by atoms with Gasteiger partial charge in [0.2, 0.25) is 0 Å². The van der Waals surface area contributed by atoms with E-state index in [4.69, 9.17) is 5.73 Å². The van der Waals surface area contributed by atoms with Gasteiger partial charge in [0.15, 0.2) is 0 Å². The van der Waals surface area contributed by atoms with E-state index in [0.29, 0.717) is 5.88 Å². The molecule has 1 rings (SSSR count). The van der Waals surface area contributed by atoms with Crippen molar-refractivity contribution in [1.29, 1.82) is 0 Å². The van der Waals surface area contributed by atoms with Crippen molar-refractivity contribution < 1.29 is 0 Å². The number of thioether (sulfide) groups is 1. The van der Waals surface area contributed by atoms with Crippen LogP contribution < -0.4 is 5.73 Å². The molecule has 0 radical (unpaired) electrons. The van der Waals surface area contributed by atoms with Crippen LogP contribution in [0.4, 0.5) is 0 Å². The largest absolute Gasteiger partial charge is 0.322 e. The molecular weight excluding hydrogens is 154 g/mol. The van der Waals surface area contributed by atoms with Crippen molar-refractivity contribution >= 4 is 11.8 Å². The summed E-state index contributed by atoms with van der Waals surface area (Å²) in [6, 6.07) is 6.43. The van der Waals surface area contributed by atoms with Crippen LogP contribution in [-0.4, -0.2) is 5.88 Å². The fraction of sp³-hybridized carbons (Fsp3) is 0.333. The normalized spacial score (nSPS) is 10.1. The van der Waals surface area contributed by atoms with Crippen molar-refractivity contribution in [2.45, 2.75) is 18.7 Å². The Balaban J connectivity index is 2.93. The summed E-state index contributed by atoms with van der Waals surface area (Å²) in [7, 11) is 0. The molecule has 1 aromatic rings. The monoisotopic (exact) mass is 167 g/mol. The molecule has 11 heavy (non-hydrogen) atoms. The molecule has 0 saturated heterocycles. The molecule has 0 fully saturated rings. The van der Waals surface area contributed by atoms with Crippen LogP contribution in [0.25, 0.3) is 0 Å². The van der Waals surface area contributed by atoms with E-state index in [-0.39, 0.29) is 0 Å². The first-order chi connectivity index (χ1) is 5.24. The fourth-order valence-corrected chi connectivity index (χ4v) is 1.70. The highest BCUT2D eigenvalue weighted by atomic mass is 32.2. The van der Waals surface area contributed by atoms with Gasteiger partial charge >= 0.3 is 0 Å². The minimum Gasteiger partial charge on any atom is -0.322 e. The molecule has 0 aromatic heterocycles. The number of hydrogen-bond acceptors (Lipinski definition) is 2. The van der Waals surface area contributed by atoms with Gasteiger partial charge in [-0.3, -0.25) is 0 Å². The number of rotatable bonds is 2. The van der Waals surface area contributed by atoms with Gasteiger partial charge in [0.05, 0.1) is 0 Å². The molecule has 0 heterocycles. The minimum absolute atomic E-state index is 0.657. The first kappa shape index (κ1) is 8.62. The van der Waals surface area contributed by atoms with Gasteiger partial charge in [0.25, 0.3) is 0 Å². The van der Waals surface area contributed by atoms with Crippen molar-refractivity contribution in [3.8, 4) is 0 Å². The molecule has 0 saturated carbocycles. The zero-order chi connectivity index (χ0) is 8.27. The van der Waals surface area contributed by atoms with E-state index in [0.717, 1.165) is 0 Å². The maximum Gasteiger partial charge on any atom is 0.0440 e. The minimum atomic E-state index is 0.657. The van der Waals surface area contributed by atoms with E-state index < -0.39 is 0 Å². The molecule has 0 spiro atoms. The highest BCUT2D eigenvalue weighted by molar-refractivity contribution is 7.99. The first-order valence-corrected chi connectivity index (χ1v) is 4.62. The second-order valence-corrected chi connectivity index (χ2v) is 3.64. The van der Waals surface area contributed by atoms with Crippen LogP contribution in [0.1, 0.15) is 11.1 Å². The number of hydrogen-bond donors (Lipinski definition) is 1. The summed E-state index contributed by atoms with van der Waals surface area (Å²) in [5.41, 5.74) is 8.05. The third kappa shape index (κ3) is 2.24. The van der Waals surface area contributed by atoms with Crippen molar-refractivity contribution in [3.05, 3.63) is 29.3 Å². The summed E-state index contributed by atoms with van der Waals surface area (Å²) in [6.07, 6.45) is 0. The van der Waals surface area contributed by atoms with Crippen LogP contribution in [0.15, 0.2) is 23.1 Å². The van der Waals surface area contributed by atoms with Gasteiger partial charge < -0.3 is 5.73 Å². The highest BCUT2D eigenvalue weighted by Crippen LogP contribution is 2.21. The number of nitrogens with two attached hydrogens (primary N) is 1. The van der Waals surface area contributed by atoms with Gasteiger partial charge in [-0.2, -0.15) is 0 Å². The Labute approximate surface area is 72.0 Å². The fourth-order valence-electron chi connectivity index (χ4n) is 0.953. The van der Waals surface area contributed by atoms with Gasteiger partial charge in [-0.1, -0.05) is 17.7 Å². The van der Waals surface area contributed by atoms with Crippen molar-refractivity contribution in [2.24, 2.45) is 5.73 Å². The Bertz CT molecular complexity index is 245. The van der Waals surface area contributed by atoms with Crippen molar-refractivity contribution in [2.75, 3.05) is 5.88 Å². The Kier molecular flexibility index (Phi) is 2.97. The van der Waals surface area contributed by atoms with Crippen LogP contribution in [0.3, 0.4) is 0 Å². The van der Waals surface area contributed by atoms with E-state index in [2.05, 4.69) is 32.0 Å². The molecular formula is C9H13NS. The average molecular weight is 167 g/mol. The zero-order valence-corrected chi connectivity index (χ0v) is 7.74. The van der Waals surface area contributed by atoms with Crippen LogP contribution >= 0.6 is 11.8 Å². The molecule has 0 amide bonds. The second-order valence-electron chi connectivity index (χ2n) is 2.58. The molecule has 0 aliphatic rings. The summed E-state index contributed by atoms with van der Waals surface area (Å²) in [5.74, 6) is 0.657. The molecule has 0 aliphatic carbocycles. The van der Waals surface area contributed by atoms with Gasteiger partial charge in [-0.25, -0.2) is 0 Å². The molecule has 0 atom stereocenters. The lowest BCUT2D eigenvalue weighted by Gasteiger charge is -2.03. The second kappa shape index (κ2) is 3.79. The molecule has 1 nitrogen and oxygen atoms in total. The number of benzene rings is 1. The standard InChI is InChI=1S/C9H13NS/c1-7-3-4-8(2)9(5-7)11-6-10/h3-5H,6,10H2,1-2H3. The predicted molar refractivity (Wildman–Crippen MR) is 50.8 cm³/mol. The Morgan fingerprint density at radius 3 is 2.73 bits per heavy atom. The molecule has 0 bridgehead atoms. The van der Waals surface area contributed by atoms with E-state index in [1.54, 1.807) is 11.8 Å². The molecule has 60 valence electrons. The van der Waals surface area contributed by atoms with Crippen molar-refractivity contribution in [1.82, 2.24) is 0 Å². The Hall–Kier alpha value is -0.470. The molecule has 0 aliphatic heterocycles. The van der Waals surface area contributed by atoms with Crippen LogP contribution in [-0.2, 0) is 0 Å². The average Bonchev–Trinajstić information content (AvgIpc) is 1.98. The molecule has 0 unspecified atom stereocenters. The Morgan fingerprint density at radius 1 is 1.36 bits per heavy atom. The summed E-state index contributed by atoms with van der Waals surface area (Å²) >= 11 is 1.69. The smallest absolute Gasteiger partial charge is 0.0440 e. The molecule has 2 N–H and O–H groups in total. The maximum absolute atomic E-state index is 5.44. The number of aryl methyl sites for hydroxylation is 2. The van der Waals surface area contributed by atoms with E-state index >= 15 is 0 Å². The summed E-state index contributed by atoms with van der Waals surface area (Å²) in [4.78, 5) is 1.30. The lowest BCUT2D eigenvalue weighted by Crippen LogP contribution is -1.93. The first-order valence-electron chi connectivity index (χ1n) is 3.64. The Morgan fingerprint density at radius 2 is 2.09 bits per heavy atom. The van der Waals surface area contributed by atoms with Gasteiger partial charge in [0.1, 0.15) is 0 Å². The van der Waals surface area contributed by atoms with Crippen LogP contribution in [0, 0.1) is 13.8 Å². The van der Waals surface area contributed by atoms with Gasteiger partial charge in [-0.15, -0.1) is 11.8 Å². The van der Waals surface area contributed by atoms with Gasteiger partial charge in [-0.05, 0) is 25.5 Å². The summed E-state index contributed by atoms with van der Waals surface area (Å²) < 4.78 is 0. The predicted octanol–water partition coefficient (Wildman–Crippen LogP) is 2.31. The topological polar surface area (TPSA) is 26.0 Å². The maximum atomic E-state index is 5.44. The van der Waals surface area contributed by atoms with Crippen molar-refractivity contribution in [3.63, 3.8) is 0 Å². The lowest BCUT2D eigenvalue weighted by molar-refractivity contribution is 1.25. The molecule has 1 aromatic carbocycles. The van der Waals surface area contributed by atoms with E-state index in [9.17, 15) is 0 Å². The third-order valence-electron chi connectivity index (χ3n) is 1.58.